The van der Waals surface area contributed by atoms with Crippen molar-refractivity contribution in [2.24, 2.45) is 5.41 Å². The zero-order valence-corrected chi connectivity index (χ0v) is 8.14. The minimum Gasteiger partial charge on any atom is -0.385 e. The van der Waals surface area contributed by atoms with E-state index < -0.39 is 0 Å². The third-order valence-corrected chi connectivity index (χ3v) is 1.68. The van der Waals surface area contributed by atoms with E-state index >= 15 is 0 Å². The molecule has 0 unspecified atom stereocenters. The van der Waals surface area contributed by atoms with Gasteiger partial charge in [-0.2, -0.15) is 0 Å². The molecular weight excluding hydrogens is 140 g/mol. The second-order valence-electron chi connectivity index (χ2n) is 3.54. The van der Waals surface area contributed by atoms with Gasteiger partial charge in [0.1, 0.15) is 0 Å². The molecule has 0 saturated heterocycles. The van der Waals surface area contributed by atoms with Crippen molar-refractivity contribution in [3.63, 3.8) is 0 Å². The molecule has 0 amide bonds. The van der Waals surface area contributed by atoms with Crippen LogP contribution in [0.5, 0.6) is 0 Å². The van der Waals surface area contributed by atoms with Crippen LogP contribution in [-0.4, -0.2) is 26.9 Å². The third-order valence-electron chi connectivity index (χ3n) is 1.68. The van der Waals surface area contributed by atoms with Crippen LogP contribution in [0.15, 0.2) is 0 Å². The average molecular weight is 160 g/mol. The summed E-state index contributed by atoms with van der Waals surface area (Å²) < 4.78 is 10.3. The quantitative estimate of drug-likeness (QED) is 0.592. The summed E-state index contributed by atoms with van der Waals surface area (Å²) in [4.78, 5) is 0. The molecule has 0 aromatic carbocycles. The van der Waals surface area contributed by atoms with E-state index in [0.29, 0.717) is 0 Å². The van der Waals surface area contributed by atoms with Gasteiger partial charge in [0.2, 0.25) is 0 Å². The zero-order chi connectivity index (χ0) is 8.74. The molecule has 2 heteroatoms. The van der Waals surface area contributed by atoms with Gasteiger partial charge in [-0.1, -0.05) is 13.8 Å². The molecule has 0 aliphatic rings. The second kappa shape index (κ2) is 5.56. The molecule has 0 rings (SSSR count). The summed E-state index contributed by atoms with van der Waals surface area (Å²) in [6.45, 7) is 8.86. The molecule has 0 aromatic rings. The molecule has 11 heavy (non-hydrogen) atoms. The first-order valence-electron chi connectivity index (χ1n) is 4.19. The van der Waals surface area contributed by atoms with Crippen molar-refractivity contribution in [2.45, 2.75) is 27.2 Å². The smallest absolute Gasteiger partial charge is 0.0517 e. The van der Waals surface area contributed by atoms with Gasteiger partial charge in [-0.25, -0.2) is 0 Å². The van der Waals surface area contributed by atoms with Gasteiger partial charge in [0, 0.05) is 20.3 Å². The fraction of sp³-hybridized carbons (Fsp3) is 1.00. The van der Waals surface area contributed by atoms with Gasteiger partial charge in [-0.15, -0.1) is 0 Å². The Hall–Kier alpha value is -0.0800. The van der Waals surface area contributed by atoms with Crippen LogP contribution in [-0.2, 0) is 9.47 Å². The Morgan fingerprint density at radius 1 is 1.27 bits per heavy atom. The van der Waals surface area contributed by atoms with Crippen molar-refractivity contribution >= 4 is 0 Å². The van der Waals surface area contributed by atoms with Crippen LogP contribution >= 0.6 is 0 Å². The minimum absolute atomic E-state index is 0.256. The summed E-state index contributed by atoms with van der Waals surface area (Å²) in [5.74, 6) is 0. The van der Waals surface area contributed by atoms with Crippen molar-refractivity contribution in [3.05, 3.63) is 0 Å². The Balaban J connectivity index is 3.43. The zero-order valence-electron chi connectivity index (χ0n) is 8.14. The number of rotatable bonds is 6. The summed E-state index contributed by atoms with van der Waals surface area (Å²) in [5, 5.41) is 0. The predicted molar refractivity (Wildman–Crippen MR) is 46.8 cm³/mol. The van der Waals surface area contributed by atoms with E-state index in [0.717, 1.165) is 26.2 Å². The monoisotopic (exact) mass is 160 g/mol. The van der Waals surface area contributed by atoms with Crippen molar-refractivity contribution in [1.82, 2.24) is 0 Å². The van der Waals surface area contributed by atoms with Crippen LogP contribution in [0, 0.1) is 5.41 Å². The lowest BCUT2D eigenvalue weighted by Gasteiger charge is -2.23. The highest BCUT2D eigenvalue weighted by Gasteiger charge is 2.16. The minimum atomic E-state index is 0.256. The van der Waals surface area contributed by atoms with Crippen molar-refractivity contribution in [1.29, 1.82) is 0 Å². The van der Waals surface area contributed by atoms with E-state index in [1.807, 2.05) is 6.92 Å². The van der Waals surface area contributed by atoms with Gasteiger partial charge in [0.25, 0.3) is 0 Å². The first-order valence-corrected chi connectivity index (χ1v) is 4.19. The van der Waals surface area contributed by atoms with Gasteiger partial charge >= 0.3 is 0 Å². The Bertz CT molecular complexity index is 79.6. The Morgan fingerprint density at radius 3 is 2.36 bits per heavy atom. The maximum Gasteiger partial charge on any atom is 0.0517 e. The molecule has 0 saturated carbocycles. The maximum absolute atomic E-state index is 5.34. The summed E-state index contributed by atoms with van der Waals surface area (Å²) in [7, 11) is 1.73. The summed E-state index contributed by atoms with van der Waals surface area (Å²) in [6.07, 6.45) is 1.06. The molecule has 0 aliphatic carbocycles. The summed E-state index contributed by atoms with van der Waals surface area (Å²) in [6, 6.07) is 0. The van der Waals surface area contributed by atoms with Gasteiger partial charge in [-0.3, -0.25) is 0 Å². The molecule has 0 N–H and O–H groups in total. The highest BCUT2D eigenvalue weighted by Crippen LogP contribution is 2.20. The van der Waals surface area contributed by atoms with Crippen LogP contribution in [0.3, 0.4) is 0 Å². The van der Waals surface area contributed by atoms with E-state index in [9.17, 15) is 0 Å². The third kappa shape index (κ3) is 6.32. The molecule has 0 fully saturated rings. The Morgan fingerprint density at radius 2 is 1.91 bits per heavy atom. The summed E-state index contributed by atoms with van der Waals surface area (Å²) in [5.41, 5.74) is 0.256. The molecule has 68 valence electrons. The van der Waals surface area contributed by atoms with E-state index in [4.69, 9.17) is 9.47 Å². The molecule has 0 bridgehead atoms. The van der Waals surface area contributed by atoms with Gasteiger partial charge in [0.05, 0.1) is 6.61 Å². The maximum atomic E-state index is 5.34. The van der Waals surface area contributed by atoms with Crippen LogP contribution in [0.1, 0.15) is 27.2 Å². The van der Waals surface area contributed by atoms with Crippen LogP contribution in [0.4, 0.5) is 0 Å². The summed E-state index contributed by atoms with van der Waals surface area (Å²) >= 11 is 0. The highest BCUT2D eigenvalue weighted by molar-refractivity contribution is 4.66. The molecule has 0 radical (unpaired) electrons. The van der Waals surface area contributed by atoms with Crippen LogP contribution in [0.25, 0.3) is 0 Å². The molecule has 0 heterocycles. The molecule has 2 nitrogen and oxygen atoms in total. The Kier molecular flexibility index (Phi) is 5.51. The number of ether oxygens (including phenoxy) is 2. The lowest BCUT2D eigenvalue weighted by molar-refractivity contribution is 0.0484. The average Bonchev–Trinajstić information content (AvgIpc) is 1.97. The van der Waals surface area contributed by atoms with Crippen molar-refractivity contribution < 1.29 is 9.47 Å². The van der Waals surface area contributed by atoms with E-state index in [-0.39, 0.29) is 5.41 Å². The topological polar surface area (TPSA) is 18.5 Å². The lowest BCUT2D eigenvalue weighted by atomic mass is 9.91. The predicted octanol–water partition coefficient (Wildman–Crippen LogP) is 2.09. The van der Waals surface area contributed by atoms with Gasteiger partial charge < -0.3 is 9.47 Å². The first-order chi connectivity index (χ1) is 5.12. The number of hydrogen-bond donors (Lipinski definition) is 0. The molecule has 0 spiro atoms. The van der Waals surface area contributed by atoms with Crippen LogP contribution < -0.4 is 0 Å². The normalized spacial score (nSPS) is 12.0. The van der Waals surface area contributed by atoms with E-state index in [1.54, 1.807) is 7.11 Å². The first kappa shape index (κ1) is 10.9. The van der Waals surface area contributed by atoms with Gasteiger partial charge in [0.15, 0.2) is 0 Å². The molecule has 0 aromatic heterocycles. The van der Waals surface area contributed by atoms with E-state index in [2.05, 4.69) is 13.8 Å². The van der Waals surface area contributed by atoms with E-state index in [1.165, 1.54) is 0 Å². The molecule has 0 atom stereocenters. The largest absolute Gasteiger partial charge is 0.385 e. The SMILES string of the molecule is CCOCC(C)(C)CCOC. The van der Waals surface area contributed by atoms with Crippen molar-refractivity contribution in [3.8, 4) is 0 Å². The fourth-order valence-electron chi connectivity index (χ4n) is 0.829. The fourth-order valence-corrected chi connectivity index (χ4v) is 0.829. The molecule has 0 aliphatic heterocycles. The van der Waals surface area contributed by atoms with Gasteiger partial charge in [-0.05, 0) is 18.8 Å². The number of methoxy groups -OCH3 is 1. The second-order valence-corrected chi connectivity index (χ2v) is 3.54. The van der Waals surface area contributed by atoms with Crippen molar-refractivity contribution in [2.75, 3.05) is 26.9 Å². The Labute approximate surface area is 69.9 Å². The standard InChI is InChI=1S/C9H20O2/c1-5-11-8-9(2,3)6-7-10-4/h5-8H2,1-4H3. The number of hydrogen-bond acceptors (Lipinski definition) is 2. The molecular formula is C9H20O2. The highest BCUT2D eigenvalue weighted by atomic mass is 16.5. The lowest BCUT2D eigenvalue weighted by Crippen LogP contribution is -2.21. The van der Waals surface area contributed by atoms with Crippen LogP contribution in [0.2, 0.25) is 0 Å².